The largest absolute Gasteiger partial charge is 0.493 e. The van der Waals surface area contributed by atoms with Crippen LogP contribution < -0.4 is 19.6 Å². The molecule has 1 amide bonds. The first-order chi connectivity index (χ1) is 12.5. The fraction of sp³-hybridized carbons (Fsp3) is 0.176. The number of rotatable bonds is 7. The van der Waals surface area contributed by atoms with Crippen LogP contribution in [0.2, 0.25) is 0 Å². The molecular weight excluding hydrogens is 342 g/mol. The lowest BCUT2D eigenvalue weighted by atomic mass is 10.2. The molecule has 0 aromatic heterocycles. The average molecular weight is 359 g/mol. The van der Waals surface area contributed by atoms with Gasteiger partial charge in [-0.1, -0.05) is 6.07 Å². The Labute approximate surface area is 149 Å². The summed E-state index contributed by atoms with van der Waals surface area (Å²) in [5.41, 5.74) is 2.86. The Morgan fingerprint density at radius 1 is 1.12 bits per heavy atom. The molecule has 0 aliphatic heterocycles. The van der Waals surface area contributed by atoms with Crippen LogP contribution in [0.4, 0.5) is 5.69 Å². The fourth-order valence-corrected chi connectivity index (χ4v) is 2.17. The fourth-order valence-electron chi connectivity index (χ4n) is 2.17. The molecule has 9 nitrogen and oxygen atoms in total. The van der Waals surface area contributed by atoms with Crippen molar-refractivity contribution in [3.8, 4) is 17.2 Å². The van der Waals surface area contributed by atoms with Crippen LogP contribution in [0.15, 0.2) is 41.5 Å². The van der Waals surface area contributed by atoms with Crippen molar-refractivity contribution in [3.05, 3.63) is 57.6 Å². The Morgan fingerprint density at radius 3 is 2.31 bits per heavy atom. The van der Waals surface area contributed by atoms with E-state index in [-0.39, 0.29) is 11.3 Å². The van der Waals surface area contributed by atoms with E-state index in [9.17, 15) is 14.9 Å². The molecule has 0 fully saturated rings. The third kappa shape index (κ3) is 4.26. The highest BCUT2D eigenvalue weighted by molar-refractivity contribution is 5.95. The minimum atomic E-state index is -0.573. The van der Waals surface area contributed by atoms with Gasteiger partial charge >= 0.3 is 0 Å². The van der Waals surface area contributed by atoms with E-state index in [1.165, 1.54) is 51.8 Å². The first kappa shape index (κ1) is 18.7. The summed E-state index contributed by atoms with van der Waals surface area (Å²) >= 11 is 0. The maximum Gasteiger partial charge on any atom is 0.271 e. The Balaban J connectivity index is 2.16. The van der Waals surface area contributed by atoms with Gasteiger partial charge in [-0.25, -0.2) is 5.43 Å². The van der Waals surface area contributed by atoms with E-state index in [0.29, 0.717) is 22.8 Å². The number of nitrogens with zero attached hydrogens (tertiary/aromatic N) is 2. The molecule has 136 valence electrons. The standard InChI is InChI=1S/C17H17N3O6/c1-24-14-7-11(8-15(25-2)16(14)26-3)10-18-19-17(21)12-5-4-6-13(9-12)20(22)23/h4-10H,1-3H3,(H,19,21). The number of methoxy groups -OCH3 is 3. The van der Waals surface area contributed by atoms with Gasteiger partial charge in [0.25, 0.3) is 11.6 Å². The molecule has 0 spiro atoms. The zero-order valence-corrected chi connectivity index (χ0v) is 14.4. The molecule has 2 aromatic rings. The number of hydrogen-bond donors (Lipinski definition) is 1. The van der Waals surface area contributed by atoms with Crippen LogP contribution >= 0.6 is 0 Å². The molecule has 2 rings (SSSR count). The summed E-state index contributed by atoms with van der Waals surface area (Å²) in [6.45, 7) is 0. The number of hydrogen-bond acceptors (Lipinski definition) is 7. The minimum absolute atomic E-state index is 0.126. The SMILES string of the molecule is COc1cc(C=NNC(=O)c2cccc([N+](=O)[O-])c2)cc(OC)c1OC. The van der Waals surface area contributed by atoms with Crippen molar-refractivity contribution in [2.24, 2.45) is 5.10 Å². The van der Waals surface area contributed by atoms with Crippen LogP contribution in [0, 0.1) is 10.1 Å². The second-order valence-electron chi connectivity index (χ2n) is 4.97. The number of nitrogens with one attached hydrogen (secondary N) is 1. The molecule has 9 heteroatoms. The summed E-state index contributed by atoms with van der Waals surface area (Å²) < 4.78 is 15.7. The number of nitro groups is 1. The highest BCUT2D eigenvalue weighted by atomic mass is 16.6. The van der Waals surface area contributed by atoms with Gasteiger partial charge in [-0.3, -0.25) is 14.9 Å². The monoisotopic (exact) mass is 359 g/mol. The Kier molecular flexibility index (Phi) is 6.10. The smallest absolute Gasteiger partial charge is 0.271 e. The number of non-ortho nitro benzene ring substituents is 1. The number of carbonyl (C=O) groups excluding carboxylic acids is 1. The van der Waals surface area contributed by atoms with Crippen LogP contribution in [-0.2, 0) is 0 Å². The molecule has 0 aliphatic rings. The molecule has 0 saturated heterocycles. The van der Waals surface area contributed by atoms with Crippen molar-refractivity contribution in [1.29, 1.82) is 0 Å². The van der Waals surface area contributed by atoms with E-state index in [4.69, 9.17) is 14.2 Å². The molecule has 0 bridgehead atoms. The maximum atomic E-state index is 12.0. The van der Waals surface area contributed by atoms with Gasteiger partial charge in [0.2, 0.25) is 5.75 Å². The Morgan fingerprint density at radius 2 is 1.77 bits per heavy atom. The molecule has 26 heavy (non-hydrogen) atoms. The van der Waals surface area contributed by atoms with E-state index in [1.54, 1.807) is 12.1 Å². The van der Waals surface area contributed by atoms with Crippen molar-refractivity contribution in [2.75, 3.05) is 21.3 Å². The third-order valence-electron chi connectivity index (χ3n) is 3.39. The normalized spacial score (nSPS) is 10.4. The van der Waals surface area contributed by atoms with Crippen LogP contribution in [0.5, 0.6) is 17.2 Å². The van der Waals surface area contributed by atoms with Crippen molar-refractivity contribution in [3.63, 3.8) is 0 Å². The van der Waals surface area contributed by atoms with Crippen molar-refractivity contribution < 1.29 is 23.9 Å². The molecule has 0 atom stereocenters. The lowest BCUT2D eigenvalue weighted by Gasteiger charge is -2.12. The van der Waals surface area contributed by atoms with Gasteiger partial charge < -0.3 is 14.2 Å². The molecule has 0 saturated carbocycles. The minimum Gasteiger partial charge on any atom is -0.493 e. The molecule has 0 heterocycles. The van der Waals surface area contributed by atoms with Crippen LogP contribution in [0.25, 0.3) is 0 Å². The van der Waals surface area contributed by atoms with Crippen molar-refractivity contribution in [2.45, 2.75) is 0 Å². The number of benzene rings is 2. The number of ether oxygens (including phenoxy) is 3. The summed E-state index contributed by atoms with van der Waals surface area (Å²) in [5, 5.41) is 14.6. The summed E-state index contributed by atoms with van der Waals surface area (Å²) in [5.74, 6) is 0.752. The summed E-state index contributed by atoms with van der Waals surface area (Å²) in [7, 11) is 4.47. The quantitative estimate of drug-likeness (QED) is 0.461. The molecule has 0 unspecified atom stereocenters. The number of hydrazone groups is 1. The predicted molar refractivity (Wildman–Crippen MR) is 94.3 cm³/mol. The predicted octanol–water partition coefficient (Wildman–Crippen LogP) is 2.38. The molecule has 0 radical (unpaired) electrons. The van der Waals surface area contributed by atoms with E-state index < -0.39 is 10.8 Å². The summed E-state index contributed by atoms with van der Waals surface area (Å²) in [6.07, 6.45) is 1.39. The molecule has 2 aromatic carbocycles. The van der Waals surface area contributed by atoms with Gasteiger partial charge in [0.1, 0.15) is 0 Å². The van der Waals surface area contributed by atoms with Gasteiger partial charge in [-0.2, -0.15) is 5.10 Å². The van der Waals surface area contributed by atoms with E-state index >= 15 is 0 Å². The molecule has 1 N–H and O–H groups in total. The lowest BCUT2D eigenvalue weighted by Crippen LogP contribution is -2.17. The van der Waals surface area contributed by atoms with Crippen LogP contribution in [-0.4, -0.2) is 38.4 Å². The zero-order valence-electron chi connectivity index (χ0n) is 14.4. The number of amides is 1. The van der Waals surface area contributed by atoms with Gasteiger partial charge in [-0.05, 0) is 18.2 Å². The zero-order chi connectivity index (χ0) is 19.1. The number of nitro benzene ring substituents is 1. The Hall–Kier alpha value is -3.62. The highest BCUT2D eigenvalue weighted by Gasteiger charge is 2.13. The summed E-state index contributed by atoms with van der Waals surface area (Å²) in [6, 6.07) is 8.67. The molecular formula is C17H17N3O6. The van der Waals surface area contributed by atoms with Gasteiger partial charge in [0.05, 0.1) is 32.5 Å². The van der Waals surface area contributed by atoms with Crippen molar-refractivity contribution >= 4 is 17.8 Å². The van der Waals surface area contributed by atoms with Crippen molar-refractivity contribution in [1.82, 2.24) is 5.43 Å². The average Bonchev–Trinajstić information content (AvgIpc) is 2.66. The van der Waals surface area contributed by atoms with Crippen LogP contribution in [0.3, 0.4) is 0 Å². The second kappa shape index (κ2) is 8.47. The first-order valence-corrected chi connectivity index (χ1v) is 7.38. The van der Waals surface area contributed by atoms with Gasteiger partial charge in [-0.15, -0.1) is 0 Å². The van der Waals surface area contributed by atoms with E-state index in [2.05, 4.69) is 10.5 Å². The van der Waals surface area contributed by atoms with E-state index in [0.717, 1.165) is 0 Å². The van der Waals surface area contributed by atoms with Gasteiger partial charge in [0.15, 0.2) is 11.5 Å². The lowest BCUT2D eigenvalue weighted by molar-refractivity contribution is -0.384. The van der Waals surface area contributed by atoms with E-state index in [1.807, 2.05) is 0 Å². The third-order valence-corrected chi connectivity index (χ3v) is 3.39. The summed E-state index contributed by atoms with van der Waals surface area (Å²) in [4.78, 5) is 22.2. The maximum absolute atomic E-state index is 12.0. The number of carbonyl (C=O) groups is 1. The van der Waals surface area contributed by atoms with Gasteiger partial charge in [0, 0.05) is 23.3 Å². The second-order valence-corrected chi connectivity index (χ2v) is 4.97. The first-order valence-electron chi connectivity index (χ1n) is 7.38. The van der Waals surface area contributed by atoms with Crippen LogP contribution in [0.1, 0.15) is 15.9 Å². The Bertz CT molecular complexity index is 825. The molecule has 0 aliphatic carbocycles. The highest BCUT2D eigenvalue weighted by Crippen LogP contribution is 2.37. The topological polar surface area (TPSA) is 112 Å².